The average molecular weight is 202 g/mol. The van der Waals surface area contributed by atoms with Gasteiger partial charge in [-0.05, 0) is 55.9 Å². The Morgan fingerprint density at radius 3 is 2.60 bits per heavy atom. The molecule has 0 saturated heterocycles. The Kier molecular flexibility index (Phi) is 1.92. The van der Waals surface area contributed by atoms with Crippen molar-refractivity contribution in [2.45, 2.75) is 51.4 Å². The maximum Gasteiger partial charge on any atom is 0.158 e. The van der Waals surface area contributed by atoms with Crippen LogP contribution >= 0.6 is 0 Å². The van der Waals surface area contributed by atoms with Crippen molar-refractivity contribution >= 4 is 5.78 Å². The summed E-state index contributed by atoms with van der Waals surface area (Å²) < 4.78 is 0. The van der Waals surface area contributed by atoms with Crippen molar-refractivity contribution in [3.8, 4) is 0 Å². The van der Waals surface area contributed by atoms with Crippen LogP contribution in [0.3, 0.4) is 0 Å². The summed E-state index contributed by atoms with van der Waals surface area (Å²) in [6.45, 7) is 4.12. The van der Waals surface area contributed by atoms with Crippen LogP contribution in [0.2, 0.25) is 0 Å². The van der Waals surface area contributed by atoms with Gasteiger partial charge in [-0.15, -0.1) is 0 Å². The number of allylic oxidation sites excluding steroid dienone is 3. The number of Topliss-reactive ketones (excluding diaryl/α,β-unsaturated/α-hetero) is 1. The molecule has 1 saturated carbocycles. The van der Waals surface area contributed by atoms with Crippen LogP contribution < -0.4 is 0 Å². The summed E-state index contributed by atoms with van der Waals surface area (Å²) >= 11 is 0. The van der Waals surface area contributed by atoms with Gasteiger partial charge in [0.15, 0.2) is 5.78 Å². The molecule has 0 amide bonds. The lowest BCUT2D eigenvalue weighted by atomic mass is 9.75. The number of hydrogen-bond acceptors (Lipinski definition) is 1. The number of ketones is 1. The highest BCUT2D eigenvalue weighted by atomic mass is 16.1. The van der Waals surface area contributed by atoms with Gasteiger partial charge in [0.05, 0.1) is 0 Å². The summed E-state index contributed by atoms with van der Waals surface area (Å²) in [5.74, 6) is 0.450. The van der Waals surface area contributed by atoms with Crippen molar-refractivity contribution in [2.75, 3.05) is 0 Å². The minimum Gasteiger partial charge on any atom is -0.295 e. The molecular weight excluding hydrogens is 184 g/mol. The van der Waals surface area contributed by atoms with E-state index in [9.17, 15) is 4.79 Å². The molecule has 0 radical (unpaired) electrons. The molecule has 0 aromatic rings. The fourth-order valence-electron chi connectivity index (χ4n) is 3.83. The Morgan fingerprint density at radius 1 is 1.07 bits per heavy atom. The Labute approximate surface area is 91.2 Å². The maximum absolute atomic E-state index is 11.8. The van der Waals surface area contributed by atoms with E-state index >= 15 is 0 Å². The molecule has 0 aromatic carbocycles. The number of fused-ring (bicyclic) bond motifs is 1. The van der Waals surface area contributed by atoms with Gasteiger partial charge in [-0.2, -0.15) is 0 Å². The van der Waals surface area contributed by atoms with Crippen molar-refractivity contribution in [2.24, 2.45) is 5.41 Å². The van der Waals surface area contributed by atoms with Crippen LogP contribution in [0.4, 0.5) is 0 Å². The zero-order valence-electron chi connectivity index (χ0n) is 9.27. The van der Waals surface area contributed by atoms with E-state index in [0.717, 1.165) is 19.3 Å². The number of rotatable bonds is 0. The minimum absolute atomic E-state index is 0.391. The van der Waals surface area contributed by atoms with Gasteiger partial charge in [0.1, 0.15) is 0 Å². The Balaban J connectivity index is 2.01. The predicted molar refractivity (Wildman–Crippen MR) is 60.5 cm³/mol. The van der Waals surface area contributed by atoms with E-state index in [1.165, 1.54) is 48.8 Å². The lowest BCUT2D eigenvalue weighted by molar-refractivity contribution is -0.116. The summed E-state index contributed by atoms with van der Waals surface area (Å²) in [6, 6.07) is 0. The molecule has 0 aromatic heterocycles. The Bertz CT molecular complexity index is 375. The summed E-state index contributed by atoms with van der Waals surface area (Å²) in [5.41, 5.74) is 4.55. The van der Waals surface area contributed by atoms with Crippen LogP contribution in [0.5, 0.6) is 0 Å². The molecule has 0 N–H and O–H groups in total. The fraction of sp³-hybridized carbons (Fsp3) is 0.643. The quantitative estimate of drug-likeness (QED) is 0.549. The van der Waals surface area contributed by atoms with Gasteiger partial charge < -0.3 is 0 Å². The second kappa shape index (κ2) is 3.07. The second-order valence-corrected chi connectivity index (χ2v) is 5.44. The second-order valence-electron chi connectivity index (χ2n) is 5.44. The van der Waals surface area contributed by atoms with Crippen LogP contribution in [0.15, 0.2) is 23.3 Å². The molecule has 1 heteroatoms. The first kappa shape index (κ1) is 9.38. The summed E-state index contributed by atoms with van der Waals surface area (Å²) in [7, 11) is 0. The molecule has 80 valence electrons. The highest BCUT2D eigenvalue weighted by Crippen LogP contribution is 2.57. The normalized spacial score (nSPS) is 35.5. The van der Waals surface area contributed by atoms with Crippen LogP contribution in [-0.4, -0.2) is 5.78 Å². The van der Waals surface area contributed by atoms with E-state index in [2.05, 4.69) is 6.58 Å². The van der Waals surface area contributed by atoms with Crippen LogP contribution in [0, 0.1) is 5.41 Å². The van der Waals surface area contributed by atoms with E-state index in [0.29, 0.717) is 11.2 Å². The number of carbonyl (C=O) groups is 1. The Morgan fingerprint density at radius 2 is 1.87 bits per heavy atom. The molecule has 0 aliphatic heterocycles. The van der Waals surface area contributed by atoms with Crippen LogP contribution in [0.25, 0.3) is 0 Å². The van der Waals surface area contributed by atoms with Gasteiger partial charge in [-0.25, -0.2) is 0 Å². The van der Waals surface area contributed by atoms with Crippen molar-refractivity contribution < 1.29 is 4.79 Å². The summed E-state index contributed by atoms with van der Waals surface area (Å²) in [4.78, 5) is 11.8. The van der Waals surface area contributed by atoms with Crippen LogP contribution in [0.1, 0.15) is 51.4 Å². The summed E-state index contributed by atoms with van der Waals surface area (Å²) in [5, 5.41) is 0. The molecule has 3 aliphatic carbocycles. The van der Waals surface area contributed by atoms with Crippen molar-refractivity contribution in [1.29, 1.82) is 0 Å². The summed E-state index contributed by atoms with van der Waals surface area (Å²) in [6.07, 6.45) is 8.97. The largest absolute Gasteiger partial charge is 0.295 e. The molecule has 15 heavy (non-hydrogen) atoms. The minimum atomic E-state index is 0.391. The van der Waals surface area contributed by atoms with E-state index in [-0.39, 0.29) is 0 Å². The fourth-order valence-corrected chi connectivity index (χ4v) is 3.83. The van der Waals surface area contributed by atoms with Gasteiger partial charge in [0.25, 0.3) is 0 Å². The van der Waals surface area contributed by atoms with Gasteiger partial charge in [0, 0.05) is 6.42 Å². The van der Waals surface area contributed by atoms with Gasteiger partial charge in [-0.3, -0.25) is 4.79 Å². The zero-order valence-corrected chi connectivity index (χ0v) is 9.27. The molecule has 0 heterocycles. The first-order valence-corrected chi connectivity index (χ1v) is 6.14. The van der Waals surface area contributed by atoms with Gasteiger partial charge >= 0.3 is 0 Å². The standard InChI is InChI=1S/C14H18O/c1-10-5-7-14(9-10)8-6-11-12(14)3-2-4-13(11)15/h1-9H2/t14-/m1/s1. The van der Waals surface area contributed by atoms with E-state index in [4.69, 9.17) is 0 Å². The third-order valence-corrected chi connectivity index (χ3v) is 4.57. The topological polar surface area (TPSA) is 17.1 Å². The molecule has 1 atom stereocenters. The van der Waals surface area contributed by atoms with Crippen molar-refractivity contribution in [3.05, 3.63) is 23.3 Å². The molecule has 0 unspecified atom stereocenters. The smallest absolute Gasteiger partial charge is 0.158 e. The van der Waals surface area contributed by atoms with Crippen molar-refractivity contribution in [1.82, 2.24) is 0 Å². The lowest BCUT2D eigenvalue weighted by Crippen LogP contribution is -2.18. The lowest BCUT2D eigenvalue weighted by Gasteiger charge is -2.29. The van der Waals surface area contributed by atoms with Crippen LogP contribution in [-0.2, 0) is 4.79 Å². The third kappa shape index (κ3) is 1.25. The van der Waals surface area contributed by atoms with E-state index < -0.39 is 0 Å². The van der Waals surface area contributed by atoms with E-state index in [1.54, 1.807) is 0 Å². The SMILES string of the molecule is C=C1CC[C@@]2(CCC3=C2CCCC3=O)C1. The molecule has 1 fully saturated rings. The molecule has 3 aliphatic rings. The number of carbonyl (C=O) groups excluding carboxylic acids is 1. The van der Waals surface area contributed by atoms with E-state index in [1.807, 2.05) is 0 Å². The predicted octanol–water partition coefficient (Wildman–Crippen LogP) is 3.56. The zero-order chi connectivity index (χ0) is 10.5. The van der Waals surface area contributed by atoms with Gasteiger partial charge in [-0.1, -0.05) is 17.7 Å². The first-order valence-electron chi connectivity index (χ1n) is 6.14. The molecular formula is C14H18O. The highest BCUT2D eigenvalue weighted by Gasteiger charge is 2.45. The van der Waals surface area contributed by atoms with Gasteiger partial charge in [0.2, 0.25) is 0 Å². The highest BCUT2D eigenvalue weighted by molar-refractivity contribution is 5.97. The first-order chi connectivity index (χ1) is 7.21. The number of hydrogen-bond donors (Lipinski definition) is 0. The van der Waals surface area contributed by atoms with Crippen molar-refractivity contribution in [3.63, 3.8) is 0 Å². The Hall–Kier alpha value is -0.850. The maximum atomic E-state index is 11.8. The average Bonchev–Trinajstić information content (AvgIpc) is 2.75. The monoisotopic (exact) mass is 202 g/mol. The molecule has 0 bridgehead atoms. The molecule has 1 nitrogen and oxygen atoms in total. The third-order valence-electron chi connectivity index (χ3n) is 4.57. The molecule has 3 rings (SSSR count). The molecule has 1 spiro atoms.